The Kier molecular flexibility index (Phi) is 4.47. The molecule has 1 heterocycles. The van der Waals surface area contributed by atoms with Gasteiger partial charge in [0.25, 0.3) is 0 Å². The highest BCUT2D eigenvalue weighted by Crippen LogP contribution is 2.38. The van der Waals surface area contributed by atoms with Gasteiger partial charge in [-0.25, -0.2) is 4.98 Å². The van der Waals surface area contributed by atoms with Crippen LogP contribution in [0.4, 0.5) is 11.4 Å². The van der Waals surface area contributed by atoms with Crippen molar-refractivity contribution in [3.05, 3.63) is 12.3 Å². The van der Waals surface area contributed by atoms with Crippen molar-refractivity contribution in [2.24, 2.45) is 5.92 Å². The van der Waals surface area contributed by atoms with Gasteiger partial charge >= 0.3 is 0 Å². The highest BCUT2D eigenvalue weighted by molar-refractivity contribution is 5.74. The first-order valence-electron chi connectivity index (χ1n) is 6.63. The second-order valence-corrected chi connectivity index (χ2v) is 5.15. The molecule has 5 heteroatoms. The second kappa shape index (κ2) is 6.10. The zero-order valence-corrected chi connectivity index (χ0v) is 12.1. The topological polar surface area (TPSA) is 46.6 Å². The first-order valence-corrected chi connectivity index (χ1v) is 6.63. The molecule has 1 atom stereocenters. The summed E-state index contributed by atoms with van der Waals surface area (Å²) in [5.41, 5.74) is 2.03. The minimum absolute atomic E-state index is 0.321. The Labute approximate surface area is 114 Å². The summed E-state index contributed by atoms with van der Waals surface area (Å²) in [6, 6.07) is 2.31. The molecule has 0 aliphatic heterocycles. The average molecular weight is 265 g/mol. The number of hydrogen-bond donors (Lipinski definition) is 1. The van der Waals surface area contributed by atoms with E-state index in [2.05, 4.69) is 15.2 Å². The van der Waals surface area contributed by atoms with Gasteiger partial charge in [-0.3, -0.25) is 0 Å². The highest BCUT2D eigenvalue weighted by Gasteiger charge is 2.32. The van der Waals surface area contributed by atoms with Crippen LogP contribution >= 0.6 is 0 Å². The molecule has 2 rings (SSSR count). The van der Waals surface area contributed by atoms with Crippen LogP contribution in [0.15, 0.2) is 12.3 Å². The van der Waals surface area contributed by atoms with Gasteiger partial charge in [-0.2, -0.15) is 0 Å². The maximum atomic E-state index is 5.37. The Morgan fingerprint density at radius 3 is 2.68 bits per heavy atom. The molecule has 0 aromatic carbocycles. The van der Waals surface area contributed by atoms with Crippen molar-refractivity contribution in [2.75, 3.05) is 45.1 Å². The monoisotopic (exact) mass is 265 g/mol. The molecule has 106 valence electrons. The quantitative estimate of drug-likeness (QED) is 0.817. The smallest absolute Gasteiger partial charge is 0.239 e. The molecule has 1 aliphatic rings. The number of methoxy groups -OCH3 is 2. The molecule has 0 radical (unpaired) electrons. The summed E-state index contributed by atoms with van der Waals surface area (Å²) < 4.78 is 10.7. The van der Waals surface area contributed by atoms with Crippen molar-refractivity contribution < 1.29 is 9.47 Å². The van der Waals surface area contributed by atoms with Gasteiger partial charge in [-0.05, 0) is 24.8 Å². The molecule has 1 aliphatic carbocycles. The van der Waals surface area contributed by atoms with Crippen molar-refractivity contribution in [3.63, 3.8) is 0 Å². The number of nitrogens with one attached hydrogen (secondary N) is 1. The Morgan fingerprint density at radius 1 is 1.42 bits per heavy atom. The van der Waals surface area contributed by atoms with Gasteiger partial charge in [0.1, 0.15) is 5.69 Å². The van der Waals surface area contributed by atoms with Crippen molar-refractivity contribution in [2.45, 2.75) is 18.9 Å². The van der Waals surface area contributed by atoms with E-state index in [0.717, 1.165) is 11.4 Å². The molecule has 0 spiro atoms. The maximum absolute atomic E-state index is 5.37. The van der Waals surface area contributed by atoms with Crippen LogP contribution < -0.4 is 15.0 Å². The van der Waals surface area contributed by atoms with Gasteiger partial charge in [0.05, 0.1) is 25.4 Å². The van der Waals surface area contributed by atoms with Crippen molar-refractivity contribution in [3.8, 4) is 5.88 Å². The molecule has 0 amide bonds. The number of ether oxygens (including phenoxy) is 2. The molecule has 1 aromatic rings. The third-order valence-corrected chi connectivity index (χ3v) is 3.44. The fraction of sp³-hybridized carbons (Fsp3) is 0.643. The molecule has 19 heavy (non-hydrogen) atoms. The highest BCUT2D eigenvalue weighted by atomic mass is 16.5. The molecule has 1 saturated carbocycles. The number of rotatable bonds is 7. The van der Waals surface area contributed by atoms with Gasteiger partial charge in [0.2, 0.25) is 5.88 Å². The van der Waals surface area contributed by atoms with Crippen LogP contribution in [0.5, 0.6) is 5.88 Å². The first kappa shape index (κ1) is 13.9. The molecule has 1 unspecified atom stereocenters. The molecule has 0 saturated heterocycles. The van der Waals surface area contributed by atoms with Crippen LogP contribution in [0.2, 0.25) is 0 Å². The Balaban J connectivity index is 2.25. The number of nitrogens with zero attached hydrogens (tertiary/aromatic N) is 2. The molecule has 5 nitrogen and oxygen atoms in total. The van der Waals surface area contributed by atoms with Gasteiger partial charge in [0, 0.05) is 27.4 Å². The summed E-state index contributed by atoms with van der Waals surface area (Å²) in [4.78, 5) is 6.34. The summed E-state index contributed by atoms with van der Waals surface area (Å²) >= 11 is 0. The van der Waals surface area contributed by atoms with Gasteiger partial charge in [0.15, 0.2) is 0 Å². The average Bonchev–Trinajstić information content (AvgIpc) is 3.22. The second-order valence-electron chi connectivity index (χ2n) is 5.15. The predicted octanol–water partition coefficient (Wildman–Crippen LogP) is 1.99. The summed E-state index contributed by atoms with van der Waals surface area (Å²) in [7, 11) is 7.42. The third kappa shape index (κ3) is 3.29. The molecule has 1 N–H and O–H groups in total. The largest absolute Gasteiger partial charge is 0.479 e. The minimum atomic E-state index is 0.321. The summed E-state index contributed by atoms with van der Waals surface area (Å²) in [5.74, 6) is 1.33. The zero-order chi connectivity index (χ0) is 13.8. The standard InChI is InChI=1S/C14H23N3O2/c1-17(2)12-7-8-15-14(19-4)13(12)16-11(9-18-3)10-5-6-10/h7-8,10-11,16H,5-6,9H2,1-4H3. The summed E-state index contributed by atoms with van der Waals surface area (Å²) in [6.45, 7) is 0.704. The Hall–Kier alpha value is -1.49. The number of pyridine rings is 1. The fourth-order valence-electron chi connectivity index (χ4n) is 2.26. The Bertz CT molecular complexity index is 419. The number of anilines is 2. The van der Waals surface area contributed by atoms with Crippen molar-refractivity contribution in [1.29, 1.82) is 0 Å². The van der Waals surface area contributed by atoms with Crippen LogP contribution in [0.3, 0.4) is 0 Å². The predicted molar refractivity (Wildman–Crippen MR) is 77.1 cm³/mol. The van der Waals surface area contributed by atoms with E-state index in [1.807, 2.05) is 20.2 Å². The SMILES string of the molecule is COCC(Nc1c(N(C)C)ccnc1OC)C1CC1. The van der Waals surface area contributed by atoms with Crippen LogP contribution in [0, 0.1) is 5.92 Å². The van der Waals surface area contributed by atoms with Crippen LogP contribution in [0.25, 0.3) is 0 Å². The van der Waals surface area contributed by atoms with Crippen molar-refractivity contribution in [1.82, 2.24) is 4.98 Å². The summed E-state index contributed by atoms with van der Waals surface area (Å²) in [5, 5.41) is 3.56. The maximum Gasteiger partial charge on any atom is 0.239 e. The lowest BCUT2D eigenvalue weighted by molar-refractivity contribution is 0.179. The molecule has 1 aromatic heterocycles. The van der Waals surface area contributed by atoms with Crippen molar-refractivity contribution >= 4 is 11.4 Å². The normalized spacial score (nSPS) is 16.0. The van der Waals surface area contributed by atoms with E-state index >= 15 is 0 Å². The molecular weight excluding hydrogens is 242 g/mol. The lowest BCUT2D eigenvalue weighted by Crippen LogP contribution is -2.28. The van der Waals surface area contributed by atoms with Crippen LogP contribution in [-0.2, 0) is 4.74 Å². The van der Waals surface area contributed by atoms with E-state index in [1.165, 1.54) is 12.8 Å². The van der Waals surface area contributed by atoms with Gasteiger partial charge in [-0.15, -0.1) is 0 Å². The van der Waals surface area contributed by atoms with Gasteiger partial charge in [-0.1, -0.05) is 0 Å². The molecular formula is C14H23N3O2. The summed E-state index contributed by atoms with van der Waals surface area (Å²) in [6.07, 6.45) is 4.30. The lowest BCUT2D eigenvalue weighted by atomic mass is 10.2. The first-order chi connectivity index (χ1) is 9.17. The van der Waals surface area contributed by atoms with E-state index in [0.29, 0.717) is 24.4 Å². The van der Waals surface area contributed by atoms with Crippen LogP contribution in [0.1, 0.15) is 12.8 Å². The lowest BCUT2D eigenvalue weighted by Gasteiger charge is -2.24. The van der Waals surface area contributed by atoms with E-state index in [9.17, 15) is 0 Å². The van der Waals surface area contributed by atoms with E-state index in [4.69, 9.17) is 9.47 Å². The molecule has 0 bridgehead atoms. The van der Waals surface area contributed by atoms with E-state index < -0.39 is 0 Å². The van der Waals surface area contributed by atoms with E-state index in [1.54, 1.807) is 20.4 Å². The zero-order valence-electron chi connectivity index (χ0n) is 12.1. The number of hydrogen-bond acceptors (Lipinski definition) is 5. The van der Waals surface area contributed by atoms with Gasteiger partial charge < -0.3 is 19.7 Å². The Morgan fingerprint density at radius 2 is 2.16 bits per heavy atom. The fourth-order valence-corrected chi connectivity index (χ4v) is 2.26. The third-order valence-electron chi connectivity index (χ3n) is 3.44. The van der Waals surface area contributed by atoms with Crippen LogP contribution in [-0.4, -0.2) is 45.9 Å². The molecule has 1 fully saturated rings. The van der Waals surface area contributed by atoms with E-state index in [-0.39, 0.29) is 0 Å². The number of aromatic nitrogens is 1. The minimum Gasteiger partial charge on any atom is -0.479 e.